The maximum absolute atomic E-state index is 12.6. The highest BCUT2D eigenvalue weighted by atomic mass is 32.2. The summed E-state index contributed by atoms with van der Waals surface area (Å²) in [5, 5.41) is 2.73. The molecule has 32 heavy (non-hydrogen) atoms. The molecule has 0 saturated carbocycles. The molecule has 2 aromatic rings. The van der Waals surface area contributed by atoms with Gasteiger partial charge < -0.3 is 19.4 Å². The van der Waals surface area contributed by atoms with E-state index in [0.717, 1.165) is 32.4 Å². The van der Waals surface area contributed by atoms with Gasteiger partial charge in [-0.05, 0) is 51.1 Å². The second-order valence-electron chi connectivity index (χ2n) is 7.83. The number of ether oxygens (including phenoxy) is 1. The van der Waals surface area contributed by atoms with E-state index in [2.05, 4.69) is 29.0 Å². The molecule has 0 spiro atoms. The van der Waals surface area contributed by atoms with Crippen LogP contribution in [-0.2, 0) is 20.4 Å². The second-order valence-corrected chi connectivity index (χ2v) is 9.90. The van der Waals surface area contributed by atoms with Crippen molar-refractivity contribution in [3.05, 3.63) is 35.7 Å². The fourth-order valence-electron chi connectivity index (χ4n) is 3.34. The summed E-state index contributed by atoms with van der Waals surface area (Å²) in [6, 6.07) is 7.17. The average Bonchev–Trinajstić information content (AvgIpc) is 3.11. The minimum atomic E-state index is -3.69. The highest BCUT2D eigenvalue weighted by molar-refractivity contribution is 7.91. The van der Waals surface area contributed by atoms with E-state index in [-0.39, 0.29) is 5.75 Å². The molecule has 9 heteroatoms. The molecular weight excluding hydrogens is 430 g/mol. The Bertz CT molecular complexity index is 972. The maximum Gasteiger partial charge on any atom is 0.235 e. The van der Waals surface area contributed by atoms with Crippen LogP contribution in [0.4, 0.5) is 0 Å². The van der Waals surface area contributed by atoms with Gasteiger partial charge in [-0.25, -0.2) is 13.4 Å². The summed E-state index contributed by atoms with van der Waals surface area (Å²) in [5.74, 6) is -0.0334. The highest BCUT2D eigenvalue weighted by Gasteiger charge is 2.22. The summed E-state index contributed by atoms with van der Waals surface area (Å²) in [5.41, 5.74) is 0.998. The lowest BCUT2D eigenvalue weighted by atomic mass is 10.2. The molecular formula is C23H35N3O5S. The summed E-state index contributed by atoms with van der Waals surface area (Å²) < 4.78 is 36.0. The van der Waals surface area contributed by atoms with Gasteiger partial charge in [-0.3, -0.25) is 4.79 Å². The Balaban J connectivity index is 1.92. The largest absolute Gasteiger partial charge is 0.497 e. The number of carbonyl (C=O) groups is 1. The van der Waals surface area contributed by atoms with Crippen LogP contribution in [0.3, 0.4) is 0 Å². The van der Waals surface area contributed by atoms with Gasteiger partial charge in [0.2, 0.25) is 11.8 Å². The molecule has 178 valence electrons. The number of aromatic nitrogens is 1. The van der Waals surface area contributed by atoms with Gasteiger partial charge in [-0.1, -0.05) is 26.3 Å². The normalized spacial score (nSPS) is 11.7. The number of aryl methyl sites for hydroxylation is 1. The van der Waals surface area contributed by atoms with Gasteiger partial charge in [-0.2, -0.15) is 0 Å². The maximum atomic E-state index is 12.6. The molecule has 0 aliphatic carbocycles. The van der Waals surface area contributed by atoms with Gasteiger partial charge in [0.15, 0.2) is 9.84 Å². The van der Waals surface area contributed by atoms with Gasteiger partial charge in [0, 0.05) is 18.7 Å². The summed E-state index contributed by atoms with van der Waals surface area (Å²) in [7, 11) is -2.12. The molecule has 0 unspecified atom stereocenters. The molecule has 0 radical (unpaired) electrons. The number of oxazole rings is 1. The number of rotatable bonds is 14. The van der Waals surface area contributed by atoms with Gasteiger partial charge in [0.1, 0.15) is 17.3 Å². The van der Waals surface area contributed by atoms with Crippen LogP contribution in [-0.4, -0.2) is 63.3 Å². The fourth-order valence-corrected chi connectivity index (χ4v) is 4.63. The first-order valence-electron chi connectivity index (χ1n) is 11.1. The van der Waals surface area contributed by atoms with Crippen molar-refractivity contribution >= 4 is 15.7 Å². The summed E-state index contributed by atoms with van der Waals surface area (Å²) in [6.07, 6.45) is 3.27. The zero-order valence-electron chi connectivity index (χ0n) is 19.5. The number of nitrogens with one attached hydrogen (secondary N) is 1. The van der Waals surface area contributed by atoms with E-state index in [0.29, 0.717) is 41.7 Å². The third kappa shape index (κ3) is 8.27. The van der Waals surface area contributed by atoms with Gasteiger partial charge >= 0.3 is 0 Å². The van der Waals surface area contributed by atoms with E-state index in [4.69, 9.17) is 9.15 Å². The fraction of sp³-hybridized carbons (Fsp3) is 0.565. The third-order valence-electron chi connectivity index (χ3n) is 5.03. The smallest absolute Gasteiger partial charge is 0.235 e. The summed E-state index contributed by atoms with van der Waals surface area (Å²) >= 11 is 0. The van der Waals surface area contributed by atoms with E-state index < -0.39 is 21.5 Å². The van der Waals surface area contributed by atoms with Crippen LogP contribution in [0, 0.1) is 6.92 Å². The van der Waals surface area contributed by atoms with Gasteiger partial charge in [-0.15, -0.1) is 0 Å². The number of amides is 1. The molecule has 0 bridgehead atoms. The second kappa shape index (κ2) is 12.6. The zero-order chi connectivity index (χ0) is 23.6. The van der Waals surface area contributed by atoms with Crippen molar-refractivity contribution in [3.63, 3.8) is 0 Å². The number of benzene rings is 1. The van der Waals surface area contributed by atoms with Crippen molar-refractivity contribution < 1.29 is 22.4 Å². The Morgan fingerprint density at radius 2 is 1.97 bits per heavy atom. The summed E-state index contributed by atoms with van der Waals surface area (Å²) in [4.78, 5) is 18.8. The van der Waals surface area contributed by atoms with Crippen molar-refractivity contribution in [1.82, 2.24) is 15.2 Å². The third-order valence-corrected chi connectivity index (χ3v) is 6.45. The SMILES string of the molecule is CCCCN(CCC)CCNC(=O)CS(=O)(=O)Cc1nc(-c2cccc(OC)c2)oc1C. The Hall–Kier alpha value is -2.39. The molecule has 0 aliphatic rings. The van der Waals surface area contributed by atoms with Crippen LogP contribution in [0.1, 0.15) is 44.6 Å². The van der Waals surface area contributed by atoms with Crippen LogP contribution in [0.15, 0.2) is 28.7 Å². The van der Waals surface area contributed by atoms with Crippen molar-refractivity contribution in [2.45, 2.75) is 45.8 Å². The Kier molecular flexibility index (Phi) is 10.2. The zero-order valence-corrected chi connectivity index (χ0v) is 20.3. The van der Waals surface area contributed by atoms with Crippen molar-refractivity contribution in [3.8, 4) is 17.2 Å². The number of methoxy groups -OCH3 is 1. The van der Waals surface area contributed by atoms with E-state index in [9.17, 15) is 13.2 Å². The number of sulfone groups is 1. The number of hydrogen-bond acceptors (Lipinski definition) is 7. The minimum absolute atomic E-state index is 0.310. The average molecular weight is 466 g/mol. The van der Waals surface area contributed by atoms with E-state index in [1.165, 1.54) is 0 Å². The predicted octanol–water partition coefficient (Wildman–Crippen LogP) is 3.20. The van der Waals surface area contributed by atoms with Crippen LogP contribution in [0.5, 0.6) is 5.75 Å². The first kappa shape index (κ1) is 25.9. The van der Waals surface area contributed by atoms with Crippen molar-refractivity contribution in [2.75, 3.05) is 39.0 Å². The number of carbonyl (C=O) groups excluding carboxylic acids is 1. The molecule has 1 aromatic carbocycles. The molecule has 1 N–H and O–H groups in total. The Labute approximate surface area is 191 Å². The highest BCUT2D eigenvalue weighted by Crippen LogP contribution is 2.26. The molecule has 1 aromatic heterocycles. The topological polar surface area (TPSA) is 102 Å². The summed E-state index contributed by atoms with van der Waals surface area (Å²) in [6.45, 7) is 9.03. The molecule has 1 amide bonds. The van der Waals surface area contributed by atoms with Gasteiger partial charge in [0.05, 0.1) is 18.6 Å². The van der Waals surface area contributed by atoms with Crippen LogP contribution in [0.2, 0.25) is 0 Å². The molecule has 2 rings (SSSR count). The molecule has 0 atom stereocenters. The first-order valence-corrected chi connectivity index (χ1v) is 12.9. The quantitative estimate of drug-likeness (QED) is 0.457. The predicted molar refractivity (Wildman–Crippen MR) is 125 cm³/mol. The molecule has 8 nitrogen and oxygen atoms in total. The lowest BCUT2D eigenvalue weighted by Crippen LogP contribution is -2.38. The van der Waals surface area contributed by atoms with Crippen LogP contribution < -0.4 is 10.1 Å². The Morgan fingerprint density at radius 1 is 1.19 bits per heavy atom. The minimum Gasteiger partial charge on any atom is -0.497 e. The molecule has 0 aliphatic heterocycles. The van der Waals surface area contributed by atoms with E-state index in [1.807, 2.05) is 6.07 Å². The van der Waals surface area contributed by atoms with Crippen LogP contribution >= 0.6 is 0 Å². The number of nitrogens with zero attached hydrogens (tertiary/aromatic N) is 2. The van der Waals surface area contributed by atoms with Gasteiger partial charge in [0.25, 0.3) is 0 Å². The number of unbranched alkanes of at least 4 members (excludes halogenated alkanes) is 1. The number of hydrogen-bond donors (Lipinski definition) is 1. The van der Waals surface area contributed by atoms with Crippen LogP contribution in [0.25, 0.3) is 11.5 Å². The molecule has 0 fully saturated rings. The standard InChI is InChI=1S/C23H35N3O5S/c1-5-7-13-26(12-6-2)14-11-24-22(27)17-32(28,29)16-21-18(3)31-23(25-21)19-9-8-10-20(15-19)30-4/h8-10,15H,5-7,11-14,16-17H2,1-4H3,(H,24,27). The van der Waals surface area contributed by atoms with Crippen molar-refractivity contribution in [1.29, 1.82) is 0 Å². The first-order chi connectivity index (χ1) is 15.3. The van der Waals surface area contributed by atoms with Crippen molar-refractivity contribution in [2.24, 2.45) is 0 Å². The lowest BCUT2D eigenvalue weighted by molar-refractivity contribution is -0.118. The Morgan fingerprint density at radius 3 is 2.66 bits per heavy atom. The lowest BCUT2D eigenvalue weighted by Gasteiger charge is -2.21. The van der Waals surface area contributed by atoms with E-state index >= 15 is 0 Å². The monoisotopic (exact) mass is 465 g/mol. The van der Waals surface area contributed by atoms with E-state index in [1.54, 1.807) is 32.2 Å². The molecule has 0 saturated heterocycles. The molecule has 1 heterocycles.